The molecule has 0 radical (unpaired) electrons. The molecule has 6 heteroatoms. The number of hydrogen-bond donors (Lipinski definition) is 2. The van der Waals surface area contributed by atoms with Crippen LogP contribution in [0.5, 0.6) is 5.75 Å². The van der Waals surface area contributed by atoms with Crippen LogP contribution >= 0.6 is 11.8 Å². The van der Waals surface area contributed by atoms with Crippen molar-refractivity contribution >= 4 is 22.8 Å². The van der Waals surface area contributed by atoms with Crippen molar-refractivity contribution in [3.8, 4) is 5.75 Å². The van der Waals surface area contributed by atoms with E-state index in [-0.39, 0.29) is 6.61 Å². The number of aromatic nitrogens is 3. The molecule has 0 atom stereocenters. The number of nitrogens with zero attached hydrogens (tertiary/aromatic N) is 2. The van der Waals surface area contributed by atoms with Crippen molar-refractivity contribution < 1.29 is 9.84 Å². The Balaban J connectivity index is 1.68. The molecule has 0 fully saturated rings. The van der Waals surface area contributed by atoms with E-state index < -0.39 is 0 Å². The lowest BCUT2D eigenvalue weighted by Gasteiger charge is -2.11. The fourth-order valence-corrected chi connectivity index (χ4v) is 3.15. The molecule has 23 heavy (non-hydrogen) atoms. The van der Waals surface area contributed by atoms with Crippen molar-refractivity contribution in [2.45, 2.75) is 24.3 Å². The minimum atomic E-state index is 0.138. The van der Waals surface area contributed by atoms with E-state index in [0.717, 1.165) is 38.9 Å². The number of imidazole rings is 1. The number of H-pyrrole nitrogens is 1. The van der Waals surface area contributed by atoms with Gasteiger partial charge in [0, 0.05) is 30.5 Å². The first-order chi connectivity index (χ1) is 11.3. The van der Waals surface area contributed by atoms with E-state index in [1.165, 1.54) is 0 Å². The molecule has 0 bridgehead atoms. The summed E-state index contributed by atoms with van der Waals surface area (Å²) in [6.07, 6.45) is 2.39. The number of aliphatic hydroxyl groups is 1. The summed E-state index contributed by atoms with van der Waals surface area (Å²) < 4.78 is 5.69. The van der Waals surface area contributed by atoms with E-state index in [0.29, 0.717) is 13.0 Å². The third kappa shape index (κ3) is 3.83. The molecule has 0 aliphatic rings. The van der Waals surface area contributed by atoms with Crippen molar-refractivity contribution in [3.05, 3.63) is 47.8 Å². The number of pyridine rings is 1. The molecule has 0 saturated heterocycles. The number of fused-ring (bicyclic) bond motifs is 1. The number of nitrogens with one attached hydrogen (secondary N) is 1. The maximum absolute atomic E-state index is 8.83. The van der Waals surface area contributed by atoms with Crippen molar-refractivity contribution in [3.63, 3.8) is 0 Å². The number of ether oxygens (including phenoxy) is 1. The number of para-hydroxylation sites is 2. The number of aliphatic hydroxyl groups excluding tert-OH is 1. The molecule has 0 unspecified atom stereocenters. The van der Waals surface area contributed by atoms with Crippen molar-refractivity contribution in [2.75, 3.05) is 13.2 Å². The number of aromatic amines is 1. The molecule has 3 aromatic rings. The standard InChI is InChI=1S/C17H19N3O2S/c1-12-15(18-8-7-16(12)22-10-4-9-21)11-23-17-19-13-5-2-3-6-14(13)20-17/h2-3,5-8,21H,4,9-11H2,1H3,(H,19,20). The zero-order chi connectivity index (χ0) is 16.1. The van der Waals surface area contributed by atoms with Crippen molar-refractivity contribution in [1.29, 1.82) is 0 Å². The van der Waals surface area contributed by atoms with Gasteiger partial charge in [-0.3, -0.25) is 4.98 Å². The summed E-state index contributed by atoms with van der Waals surface area (Å²) >= 11 is 1.63. The second-order valence-corrected chi connectivity index (χ2v) is 6.12. The third-order valence-electron chi connectivity index (χ3n) is 3.53. The van der Waals surface area contributed by atoms with Gasteiger partial charge >= 0.3 is 0 Å². The zero-order valence-corrected chi connectivity index (χ0v) is 13.8. The molecular formula is C17H19N3O2S. The minimum Gasteiger partial charge on any atom is -0.493 e. The Morgan fingerprint density at radius 1 is 1.26 bits per heavy atom. The molecule has 2 aromatic heterocycles. The van der Waals surface area contributed by atoms with Gasteiger partial charge in [-0.1, -0.05) is 23.9 Å². The lowest BCUT2D eigenvalue weighted by molar-refractivity contribution is 0.232. The fourth-order valence-electron chi connectivity index (χ4n) is 2.24. The summed E-state index contributed by atoms with van der Waals surface area (Å²) in [5, 5.41) is 9.72. The van der Waals surface area contributed by atoms with Crippen LogP contribution < -0.4 is 4.74 Å². The highest BCUT2D eigenvalue weighted by molar-refractivity contribution is 7.98. The molecular weight excluding hydrogens is 310 g/mol. The largest absolute Gasteiger partial charge is 0.493 e. The summed E-state index contributed by atoms with van der Waals surface area (Å²) in [6, 6.07) is 9.85. The van der Waals surface area contributed by atoms with E-state index in [1.807, 2.05) is 37.3 Å². The molecule has 0 saturated carbocycles. The molecule has 2 heterocycles. The summed E-state index contributed by atoms with van der Waals surface area (Å²) in [7, 11) is 0. The van der Waals surface area contributed by atoms with E-state index in [2.05, 4.69) is 15.0 Å². The molecule has 5 nitrogen and oxygen atoms in total. The Morgan fingerprint density at radius 2 is 2.13 bits per heavy atom. The highest BCUT2D eigenvalue weighted by atomic mass is 32.2. The van der Waals surface area contributed by atoms with Crippen molar-refractivity contribution in [2.24, 2.45) is 0 Å². The highest BCUT2D eigenvalue weighted by Crippen LogP contribution is 2.26. The van der Waals surface area contributed by atoms with E-state index in [4.69, 9.17) is 9.84 Å². The van der Waals surface area contributed by atoms with Gasteiger partial charge in [0.05, 0.1) is 23.3 Å². The van der Waals surface area contributed by atoms with Crippen LogP contribution in [-0.2, 0) is 5.75 Å². The lowest BCUT2D eigenvalue weighted by atomic mass is 10.2. The molecule has 2 N–H and O–H groups in total. The average Bonchev–Trinajstić information content (AvgIpc) is 2.98. The van der Waals surface area contributed by atoms with Crippen molar-refractivity contribution in [1.82, 2.24) is 15.0 Å². The Labute approximate surface area is 139 Å². The van der Waals surface area contributed by atoms with Crippen LogP contribution in [0.2, 0.25) is 0 Å². The second kappa shape index (κ2) is 7.48. The number of hydrogen-bond acceptors (Lipinski definition) is 5. The molecule has 1 aromatic carbocycles. The van der Waals surface area contributed by atoms with Crippen LogP contribution in [0.3, 0.4) is 0 Å². The Bertz CT molecular complexity index is 755. The Hall–Kier alpha value is -2.05. The topological polar surface area (TPSA) is 71.0 Å². The van der Waals surface area contributed by atoms with Gasteiger partial charge in [0.15, 0.2) is 5.16 Å². The fraction of sp³-hybridized carbons (Fsp3) is 0.294. The van der Waals surface area contributed by atoms with Gasteiger partial charge in [0.1, 0.15) is 5.75 Å². The van der Waals surface area contributed by atoms with Crippen LogP contribution in [0.25, 0.3) is 11.0 Å². The van der Waals surface area contributed by atoms with E-state index in [1.54, 1.807) is 18.0 Å². The molecule has 0 spiro atoms. The zero-order valence-electron chi connectivity index (χ0n) is 13.0. The minimum absolute atomic E-state index is 0.138. The van der Waals surface area contributed by atoms with Gasteiger partial charge < -0.3 is 14.8 Å². The molecule has 3 rings (SSSR count). The Kier molecular flexibility index (Phi) is 5.15. The van der Waals surface area contributed by atoms with Gasteiger partial charge in [-0.2, -0.15) is 0 Å². The predicted molar refractivity (Wildman–Crippen MR) is 91.8 cm³/mol. The number of benzene rings is 1. The van der Waals surface area contributed by atoms with Gasteiger partial charge in [-0.25, -0.2) is 4.98 Å². The molecule has 120 valence electrons. The highest BCUT2D eigenvalue weighted by Gasteiger charge is 2.09. The molecule has 0 aliphatic heterocycles. The summed E-state index contributed by atoms with van der Waals surface area (Å²) in [5.41, 5.74) is 4.03. The first-order valence-corrected chi connectivity index (χ1v) is 8.52. The summed E-state index contributed by atoms with van der Waals surface area (Å²) in [6.45, 7) is 2.66. The number of thioether (sulfide) groups is 1. The normalized spacial score (nSPS) is 11.0. The SMILES string of the molecule is Cc1c(OCCCO)ccnc1CSc1nc2ccccc2[nH]1. The summed E-state index contributed by atoms with van der Waals surface area (Å²) in [5.74, 6) is 1.55. The Morgan fingerprint density at radius 3 is 2.96 bits per heavy atom. The van der Waals surface area contributed by atoms with Crippen LogP contribution in [0.1, 0.15) is 17.7 Å². The van der Waals surface area contributed by atoms with Gasteiger partial charge in [0.2, 0.25) is 0 Å². The first kappa shape index (κ1) is 15.8. The molecule has 0 amide bonds. The lowest BCUT2D eigenvalue weighted by Crippen LogP contribution is -2.03. The monoisotopic (exact) mass is 329 g/mol. The van der Waals surface area contributed by atoms with E-state index >= 15 is 0 Å². The summed E-state index contributed by atoms with van der Waals surface area (Å²) in [4.78, 5) is 12.3. The van der Waals surface area contributed by atoms with Gasteiger partial charge in [0.25, 0.3) is 0 Å². The maximum atomic E-state index is 8.83. The quantitative estimate of drug-likeness (QED) is 0.514. The van der Waals surface area contributed by atoms with Crippen LogP contribution in [0.15, 0.2) is 41.7 Å². The van der Waals surface area contributed by atoms with Gasteiger partial charge in [-0.15, -0.1) is 0 Å². The first-order valence-electron chi connectivity index (χ1n) is 7.53. The predicted octanol–water partition coefficient (Wildman–Crippen LogP) is 3.32. The van der Waals surface area contributed by atoms with E-state index in [9.17, 15) is 0 Å². The molecule has 0 aliphatic carbocycles. The number of rotatable bonds is 7. The van der Waals surface area contributed by atoms with Crippen LogP contribution in [-0.4, -0.2) is 33.3 Å². The van der Waals surface area contributed by atoms with Crippen LogP contribution in [0, 0.1) is 6.92 Å². The average molecular weight is 329 g/mol. The third-order valence-corrected chi connectivity index (χ3v) is 4.42. The maximum Gasteiger partial charge on any atom is 0.166 e. The second-order valence-electron chi connectivity index (χ2n) is 5.15. The van der Waals surface area contributed by atoms with Crippen LogP contribution in [0.4, 0.5) is 0 Å². The van der Waals surface area contributed by atoms with Gasteiger partial charge in [-0.05, 0) is 25.1 Å². The smallest absolute Gasteiger partial charge is 0.166 e.